The molecular formula is C18H18N4O6. The van der Waals surface area contributed by atoms with Crippen molar-refractivity contribution in [3.05, 3.63) is 57.5 Å². The van der Waals surface area contributed by atoms with Gasteiger partial charge in [-0.2, -0.15) is 0 Å². The monoisotopic (exact) mass is 386 g/mol. The quantitative estimate of drug-likeness (QED) is 0.459. The fourth-order valence-corrected chi connectivity index (χ4v) is 3.00. The van der Waals surface area contributed by atoms with E-state index in [0.29, 0.717) is 5.56 Å². The summed E-state index contributed by atoms with van der Waals surface area (Å²) in [6, 6.07) is 5.24. The number of carbonyl (C=O) groups excluding carboxylic acids is 3. The van der Waals surface area contributed by atoms with E-state index in [9.17, 15) is 24.5 Å². The van der Waals surface area contributed by atoms with Crippen LogP contribution in [0.4, 0.5) is 16.2 Å². The Hall–Kier alpha value is -3.69. The van der Waals surface area contributed by atoms with Crippen LogP contribution in [0.5, 0.6) is 0 Å². The van der Waals surface area contributed by atoms with Crippen molar-refractivity contribution in [1.82, 2.24) is 10.2 Å². The number of hydrogen-bond acceptors (Lipinski definition) is 6. The highest BCUT2D eigenvalue weighted by atomic mass is 16.6. The molecule has 1 saturated heterocycles. The lowest BCUT2D eigenvalue weighted by atomic mass is 9.99. The molecule has 0 spiro atoms. The van der Waals surface area contributed by atoms with Crippen LogP contribution in [-0.2, 0) is 15.1 Å². The fraction of sp³-hybridized carbons (Fsp3) is 0.278. The van der Waals surface area contributed by atoms with Crippen molar-refractivity contribution in [3.63, 3.8) is 0 Å². The molecule has 1 fully saturated rings. The second-order valence-electron chi connectivity index (χ2n) is 6.63. The van der Waals surface area contributed by atoms with Gasteiger partial charge < -0.3 is 15.1 Å². The molecular weight excluding hydrogens is 368 g/mol. The van der Waals surface area contributed by atoms with Gasteiger partial charge in [0.1, 0.15) is 18.0 Å². The SMILES string of the molecule is Cc1ccc([N+](=O)[O-])c(NC(=O)CN2C(=O)NC(C)(c3ccco3)C2=O)c1C. The summed E-state index contributed by atoms with van der Waals surface area (Å²) in [5, 5.41) is 16.2. The Bertz CT molecular complexity index is 984. The van der Waals surface area contributed by atoms with Gasteiger partial charge in [-0.15, -0.1) is 0 Å². The molecule has 1 aromatic heterocycles. The van der Waals surface area contributed by atoms with E-state index >= 15 is 0 Å². The highest BCUT2D eigenvalue weighted by Crippen LogP contribution is 2.31. The van der Waals surface area contributed by atoms with Gasteiger partial charge in [0.15, 0.2) is 5.54 Å². The number of amides is 4. The summed E-state index contributed by atoms with van der Waals surface area (Å²) in [6.07, 6.45) is 1.37. The first kappa shape index (κ1) is 19.1. The van der Waals surface area contributed by atoms with E-state index in [0.717, 1.165) is 10.5 Å². The van der Waals surface area contributed by atoms with Crippen molar-refractivity contribution in [2.75, 3.05) is 11.9 Å². The van der Waals surface area contributed by atoms with Crippen LogP contribution in [0.1, 0.15) is 23.8 Å². The molecule has 1 aromatic carbocycles. The lowest BCUT2D eigenvalue weighted by Gasteiger charge is -2.19. The molecule has 1 unspecified atom stereocenters. The first-order valence-corrected chi connectivity index (χ1v) is 8.37. The minimum absolute atomic E-state index is 0.0378. The predicted octanol–water partition coefficient (Wildman–Crippen LogP) is 2.21. The molecule has 10 nitrogen and oxygen atoms in total. The van der Waals surface area contributed by atoms with E-state index in [2.05, 4.69) is 10.6 Å². The maximum absolute atomic E-state index is 12.7. The Labute approximate surface area is 159 Å². The minimum Gasteiger partial charge on any atom is -0.466 e. The van der Waals surface area contributed by atoms with Crippen LogP contribution >= 0.6 is 0 Å². The third-order valence-corrected chi connectivity index (χ3v) is 4.77. The molecule has 1 atom stereocenters. The van der Waals surface area contributed by atoms with Gasteiger partial charge in [0.2, 0.25) is 5.91 Å². The number of urea groups is 1. The first-order valence-electron chi connectivity index (χ1n) is 8.37. The van der Waals surface area contributed by atoms with Gasteiger partial charge in [-0.25, -0.2) is 4.79 Å². The van der Waals surface area contributed by atoms with Crippen LogP contribution in [0.2, 0.25) is 0 Å². The van der Waals surface area contributed by atoms with Crippen molar-refractivity contribution < 1.29 is 23.7 Å². The Balaban J connectivity index is 1.81. The Morgan fingerprint density at radius 2 is 2.04 bits per heavy atom. The van der Waals surface area contributed by atoms with Gasteiger partial charge in [-0.1, -0.05) is 6.07 Å². The van der Waals surface area contributed by atoms with Gasteiger partial charge in [-0.3, -0.25) is 24.6 Å². The number of imide groups is 1. The smallest absolute Gasteiger partial charge is 0.325 e. The van der Waals surface area contributed by atoms with Gasteiger partial charge in [-0.05, 0) is 44.0 Å². The number of hydrogen-bond donors (Lipinski definition) is 2. The molecule has 1 aliphatic heterocycles. The second kappa shape index (κ2) is 6.80. The average molecular weight is 386 g/mol. The standard InChI is InChI=1S/C18H18N4O6/c1-10-6-7-12(22(26)27)15(11(10)2)19-14(23)9-21-16(24)18(3,20-17(21)25)13-5-4-8-28-13/h4-8H,9H2,1-3H3,(H,19,23)(H,20,25). The lowest BCUT2D eigenvalue weighted by molar-refractivity contribution is -0.384. The Morgan fingerprint density at radius 3 is 2.64 bits per heavy atom. The normalized spacial score (nSPS) is 18.9. The average Bonchev–Trinajstić information content (AvgIpc) is 3.23. The summed E-state index contributed by atoms with van der Waals surface area (Å²) in [5.74, 6) is -1.15. The van der Waals surface area contributed by atoms with E-state index in [1.807, 2.05) is 0 Å². The number of anilines is 1. The van der Waals surface area contributed by atoms with E-state index in [1.165, 1.54) is 19.3 Å². The van der Waals surface area contributed by atoms with E-state index in [1.54, 1.807) is 32.0 Å². The summed E-state index contributed by atoms with van der Waals surface area (Å²) in [5.41, 5.74) is -0.377. The van der Waals surface area contributed by atoms with Crippen molar-refractivity contribution in [3.8, 4) is 0 Å². The second-order valence-corrected chi connectivity index (χ2v) is 6.63. The number of nitro benzene ring substituents is 1. The summed E-state index contributed by atoms with van der Waals surface area (Å²) in [4.78, 5) is 48.8. The highest BCUT2D eigenvalue weighted by molar-refractivity contribution is 6.10. The zero-order valence-electron chi connectivity index (χ0n) is 15.4. The van der Waals surface area contributed by atoms with E-state index < -0.39 is 34.9 Å². The zero-order valence-corrected chi connectivity index (χ0v) is 15.4. The number of aryl methyl sites for hydroxylation is 1. The van der Waals surface area contributed by atoms with Crippen molar-refractivity contribution in [2.24, 2.45) is 0 Å². The first-order chi connectivity index (χ1) is 13.1. The number of carbonyl (C=O) groups is 3. The minimum atomic E-state index is -1.42. The van der Waals surface area contributed by atoms with Crippen LogP contribution < -0.4 is 10.6 Å². The molecule has 10 heteroatoms. The zero-order chi connectivity index (χ0) is 20.6. The van der Waals surface area contributed by atoms with Crippen molar-refractivity contribution in [1.29, 1.82) is 0 Å². The van der Waals surface area contributed by atoms with Crippen LogP contribution in [-0.4, -0.2) is 34.2 Å². The molecule has 0 radical (unpaired) electrons. The molecule has 0 saturated carbocycles. The summed E-state index contributed by atoms with van der Waals surface area (Å²) >= 11 is 0. The highest BCUT2D eigenvalue weighted by Gasteiger charge is 2.51. The Morgan fingerprint density at radius 1 is 1.32 bits per heavy atom. The maximum atomic E-state index is 12.7. The summed E-state index contributed by atoms with van der Waals surface area (Å²) in [6.45, 7) is 4.27. The third kappa shape index (κ3) is 3.08. The molecule has 2 N–H and O–H groups in total. The molecule has 146 valence electrons. The van der Waals surface area contributed by atoms with Crippen LogP contribution in [0.25, 0.3) is 0 Å². The number of furan rings is 1. The predicted molar refractivity (Wildman–Crippen MR) is 97.5 cm³/mol. The Kier molecular flexibility index (Phi) is 4.63. The molecule has 3 rings (SSSR count). The molecule has 4 amide bonds. The molecule has 2 heterocycles. The van der Waals surface area contributed by atoms with Crippen LogP contribution in [0.3, 0.4) is 0 Å². The topological polar surface area (TPSA) is 135 Å². The molecule has 0 bridgehead atoms. The molecule has 2 aromatic rings. The maximum Gasteiger partial charge on any atom is 0.325 e. The van der Waals surface area contributed by atoms with Gasteiger partial charge >= 0.3 is 6.03 Å². The van der Waals surface area contributed by atoms with Gasteiger partial charge in [0.05, 0.1) is 11.2 Å². The number of nitro groups is 1. The van der Waals surface area contributed by atoms with Gasteiger partial charge in [0.25, 0.3) is 11.6 Å². The van der Waals surface area contributed by atoms with Crippen LogP contribution in [0, 0.1) is 24.0 Å². The fourth-order valence-electron chi connectivity index (χ4n) is 3.00. The van der Waals surface area contributed by atoms with Crippen molar-refractivity contribution >= 4 is 29.2 Å². The third-order valence-electron chi connectivity index (χ3n) is 4.77. The van der Waals surface area contributed by atoms with E-state index in [4.69, 9.17) is 4.42 Å². The van der Waals surface area contributed by atoms with Crippen molar-refractivity contribution in [2.45, 2.75) is 26.3 Å². The van der Waals surface area contributed by atoms with E-state index in [-0.39, 0.29) is 17.1 Å². The molecule has 28 heavy (non-hydrogen) atoms. The summed E-state index contributed by atoms with van der Waals surface area (Å²) < 4.78 is 5.22. The number of benzene rings is 1. The summed E-state index contributed by atoms with van der Waals surface area (Å²) in [7, 11) is 0. The number of rotatable bonds is 5. The largest absolute Gasteiger partial charge is 0.466 e. The number of nitrogens with zero attached hydrogens (tertiary/aromatic N) is 2. The molecule has 0 aliphatic carbocycles. The van der Waals surface area contributed by atoms with Gasteiger partial charge in [0, 0.05) is 6.07 Å². The molecule has 1 aliphatic rings. The number of nitrogens with one attached hydrogen (secondary N) is 2. The van der Waals surface area contributed by atoms with Crippen LogP contribution in [0.15, 0.2) is 34.9 Å². The lowest BCUT2D eigenvalue weighted by Crippen LogP contribution is -2.42.